The minimum atomic E-state index is 0.255. The molecule has 3 aliphatic rings. The predicted octanol–water partition coefficient (Wildman–Crippen LogP) is 3.37. The molecule has 1 spiro atoms. The lowest BCUT2D eigenvalue weighted by atomic mass is 9.80. The Hall–Kier alpha value is 0.440. The smallest absolute Gasteiger partial charge is 0.0755 e. The summed E-state index contributed by atoms with van der Waals surface area (Å²) in [6.45, 7) is 5.81. The number of halogens is 1. The quantitative estimate of drug-likeness (QED) is 0.656. The van der Waals surface area contributed by atoms with Gasteiger partial charge in [-0.25, -0.2) is 0 Å². The third-order valence-electron chi connectivity index (χ3n) is 4.91. The van der Waals surface area contributed by atoms with Crippen molar-refractivity contribution in [3.63, 3.8) is 0 Å². The van der Waals surface area contributed by atoms with Crippen LogP contribution in [-0.2, 0) is 4.74 Å². The summed E-state index contributed by atoms with van der Waals surface area (Å²) in [7, 11) is 0. The lowest BCUT2D eigenvalue weighted by Gasteiger charge is -2.34. The van der Waals surface area contributed by atoms with Crippen LogP contribution in [0.25, 0.3) is 0 Å². The van der Waals surface area contributed by atoms with E-state index in [0.29, 0.717) is 10.8 Å². The summed E-state index contributed by atoms with van der Waals surface area (Å²) in [6.07, 6.45) is 5.33. The van der Waals surface area contributed by atoms with Crippen molar-refractivity contribution in [1.82, 2.24) is 0 Å². The fourth-order valence-corrected chi connectivity index (χ4v) is 5.08. The lowest BCUT2D eigenvalue weighted by Crippen LogP contribution is -2.38. The van der Waals surface area contributed by atoms with Gasteiger partial charge in [0.1, 0.15) is 0 Å². The molecule has 0 amide bonds. The van der Waals surface area contributed by atoms with E-state index >= 15 is 0 Å². The largest absolute Gasteiger partial charge is 0.374 e. The van der Waals surface area contributed by atoms with Gasteiger partial charge in [-0.15, -0.1) is 0 Å². The highest BCUT2D eigenvalue weighted by Gasteiger charge is 2.72. The van der Waals surface area contributed by atoms with Crippen molar-refractivity contribution in [2.75, 3.05) is 11.9 Å². The van der Waals surface area contributed by atoms with Crippen LogP contribution in [0.15, 0.2) is 0 Å². The van der Waals surface area contributed by atoms with Gasteiger partial charge in [-0.1, -0.05) is 29.8 Å². The highest BCUT2D eigenvalue weighted by Crippen LogP contribution is 2.72. The monoisotopic (exact) mass is 258 g/mol. The van der Waals surface area contributed by atoms with E-state index < -0.39 is 0 Å². The molecule has 1 saturated heterocycles. The second kappa shape index (κ2) is 2.57. The summed E-state index contributed by atoms with van der Waals surface area (Å²) in [5.74, 6) is 0.871. The van der Waals surface area contributed by atoms with Crippen LogP contribution >= 0.6 is 15.9 Å². The van der Waals surface area contributed by atoms with Gasteiger partial charge in [-0.05, 0) is 37.0 Å². The molecule has 2 heteroatoms. The molecule has 2 saturated carbocycles. The summed E-state index contributed by atoms with van der Waals surface area (Å²) in [5, 5.41) is 1.15. The highest BCUT2D eigenvalue weighted by atomic mass is 79.9. The van der Waals surface area contributed by atoms with Gasteiger partial charge in [0.05, 0.1) is 12.2 Å². The zero-order valence-corrected chi connectivity index (χ0v) is 10.7. The van der Waals surface area contributed by atoms with Gasteiger partial charge >= 0.3 is 0 Å². The van der Waals surface area contributed by atoms with Crippen LogP contribution in [0, 0.1) is 16.7 Å². The number of hydrogen-bond acceptors (Lipinski definition) is 1. The van der Waals surface area contributed by atoms with Crippen molar-refractivity contribution in [3.05, 3.63) is 0 Å². The molecule has 0 aromatic heterocycles. The molecular weight excluding hydrogens is 240 g/mol. The highest BCUT2D eigenvalue weighted by molar-refractivity contribution is 9.09. The van der Waals surface area contributed by atoms with Crippen LogP contribution in [0.5, 0.6) is 0 Å². The second-order valence-corrected chi connectivity index (χ2v) is 6.90. The summed E-state index contributed by atoms with van der Waals surface area (Å²) in [4.78, 5) is 0. The molecule has 3 atom stereocenters. The van der Waals surface area contributed by atoms with Crippen molar-refractivity contribution in [2.24, 2.45) is 16.7 Å². The van der Waals surface area contributed by atoms with Crippen LogP contribution in [-0.4, -0.2) is 17.5 Å². The molecule has 0 N–H and O–H groups in total. The van der Waals surface area contributed by atoms with E-state index in [0.717, 1.165) is 17.9 Å². The first-order chi connectivity index (χ1) is 6.54. The average Bonchev–Trinajstić information content (AvgIpc) is 2.69. The van der Waals surface area contributed by atoms with Gasteiger partial charge in [-0.2, -0.15) is 0 Å². The van der Waals surface area contributed by atoms with E-state index in [9.17, 15) is 0 Å². The molecule has 80 valence electrons. The first kappa shape index (κ1) is 9.65. The maximum atomic E-state index is 6.16. The maximum Gasteiger partial charge on any atom is 0.0755 e. The number of rotatable bonds is 1. The average molecular weight is 259 g/mol. The molecule has 1 nitrogen and oxygen atoms in total. The van der Waals surface area contributed by atoms with E-state index in [4.69, 9.17) is 4.74 Å². The van der Waals surface area contributed by atoms with Crippen molar-refractivity contribution in [2.45, 2.75) is 45.1 Å². The number of ether oxygens (including phenoxy) is 1. The Morgan fingerprint density at radius 3 is 2.64 bits per heavy atom. The van der Waals surface area contributed by atoms with Gasteiger partial charge in [0.2, 0.25) is 0 Å². The van der Waals surface area contributed by atoms with Gasteiger partial charge in [0, 0.05) is 10.7 Å². The fourth-order valence-electron chi connectivity index (χ4n) is 3.88. The first-order valence-electron chi connectivity index (χ1n) is 5.74. The Balaban J connectivity index is 1.91. The molecule has 14 heavy (non-hydrogen) atoms. The predicted molar refractivity (Wildman–Crippen MR) is 60.6 cm³/mol. The van der Waals surface area contributed by atoms with Crippen molar-refractivity contribution >= 4 is 15.9 Å². The summed E-state index contributed by atoms with van der Waals surface area (Å²) < 4.78 is 6.16. The Bertz CT molecular complexity index is 271. The summed E-state index contributed by atoms with van der Waals surface area (Å²) in [5.41, 5.74) is 1.29. The minimum Gasteiger partial charge on any atom is -0.374 e. The second-order valence-electron chi connectivity index (χ2n) is 6.34. The molecule has 2 aliphatic carbocycles. The van der Waals surface area contributed by atoms with Crippen LogP contribution in [0.4, 0.5) is 0 Å². The molecule has 1 aliphatic heterocycles. The zero-order valence-electron chi connectivity index (χ0n) is 9.11. The summed E-state index contributed by atoms with van der Waals surface area (Å²) >= 11 is 3.72. The Morgan fingerprint density at radius 2 is 2.14 bits per heavy atom. The van der Waals surface area contributed by atoms with Crippen LogP contribution in [0.1, 0.15) is 39.5 Å². The van der Waals surface area contributed by atoms with Gasteiger partial charge in [0.25, 0.3) is 0 Å². The Labute approximate surface area is 94.7 Å². The van der Waals surface area contributed by atoms with Crippen molar-refractivity contribution in [1.29, 1.82) is 0 Å². The molecular formula is C12H19BrO. The molecule has 0 bridgehead atoms. The van der Waals surface area contributed by atoms with Crippen molar-refractivity contribution < 1.29 is 4.74 Å². The number of alkyl halides is 1. The van der Waals surface area contributed by atoms with E-state index in [-0.39, 0.29) is 5.60 Å². The van der Waals surface area contributed by atoms with E-state index in [1.54, 1.807) is 0 Å². The van der Waals surface area contributed by atoms with E-state index in [2.05, 4.69) is 29.8 Å². The molecule has 0 aromatic rings. The number of fused-ring (bicyclic) bond motifs is 2. The van der Waals surface area contributed by atoms with E-state index in [1.165, 1.54) is 25.7 Å². The number of hydrogen-bond donors (Lipinski definition) is 0. The Kier molecular flexibility index (Phi) is 1.77. The molecule has 0 aromatic carbocycles. The zero-order chi connectivity index (χ0) is 10.0. The van der Waals surface area contributed by atoms with Gasteiger partial charge in [0.15, 0.2) is 0 Å². The standard InChI is InChI=1S/C12H19BrO/c1-10(2)3-4-12(7-10)11(8-13)5-9(11)6-14-12/h9H,3-8H2,1-2H3. The minimum absolute atomic E-state index is 0.255. The normalized spacial score (nSPS) is 53.8. The first-order valence-corrected chi connectivity index (χ1v) is 6.86. The van der Waals surface area contributed by atoms with Gasteiger partial charge in [-0.3, -0.25) is 0 Å². The summed E-state index contributed by atoms with van der Waals surface area (Å²) in [6, 6.07) is 0. The van der Waals surface area contributed by atoms with Crippen LogP contribution in [0.3, 0.4) is 0 Å². The topological polar surface area (TPSA) is 9.23 Å². The maximum absolute atomic E-state index is 6.16. The lowest BCUT2D eigenvalue weighted by molar-refractivity contribution is -0.0489. The van der Waals surface area contributed by atoms with Crippen LogP contribution in [0.2, 0.25) is 0 Å². The van der Waals surface area contributed by atoms with Crippen molar-refractivity contribution in [3.8, 4) is 0 Å². The Morgan fingerprint density at radius 1 is 1.36 bits per heavy atom. The molecule has 3 unspecified atom stereocenters. The fraction of sp³-hybridized carbons (Fsp3) is 1.00. The SMILES string of the molecule is CC1(C)CCC2(C1)OCC1CC12CBr. The van der Waals surface area contributed by atoms with E-state index in [1.807, 2.05) is 0 Å². The third-order valence-corrected chi connectivity index (χ3v) is 5.91. The third kappa shape index (κ3) is 0.996. The molecule has 3 fully saturated rings. The molecule has 3 rings (SSSR count). The van der Waals surface area contributed by atoms with Gasteiger partial charge < -0.3 is 4.74 Å². The van der Waals surface area contributed by atoms with Crippen LogP contribution < -0.4 is 0 Å². The molecule has 1 heterocycles. The molecule has 0 radical (unpaired) electrons.